The fourth-order valence-corrected chi connectivity index (χ4v) is 6.36. The highest BCUT2D eigenvalue weighted by Crippen LogP contribution is 2.31. The summed E-state index contributed by atoms with van der Waals surface area (Å²) in [5.74, 6) is 0.176. The zero-order chi connectivity index (χ0) is 31.1. The van der Waals surface area contributed by atoms with Crippen LogP contribution in [0.5, 0.6) is 5.75 Å². The Hall–Kier alpha value is -4.71. The van der Waals surface area contributed by atoms with Crippen molar-refractivity contribution in [3.8, 4) is 5.75 Å². The molecule has 3 N–H and O–H groups in total. The third kappa shape index (κ3) is 7.25. The Labute approximate surface area is 258 Å². The van der Waals surface area contributed by atoms with E-state index in [1.54, 1.807) is 15.2 Å². The van der Waals surface area contributed by atoms with Crippen LogP contribution in [0, 0.1) is 6.92 Å². The largest absolute Gasteiger partial charge is 0.494 e. The number of hydrogen-bond donors (Lipinski definition) is 3. The van der Waals surface area contributed by atoms with Crippen molar-refractivity contribution in [1.82, 2.24) is 25.1 Å². The molecule has 2 aliphatic rings. The number of rotatable bonds is 3. The number of aromatic amines is 1. The number of carbonyl (C=O) groups is 4. The van der Waals surface area contributed by atoms with Crippen LogP contribution in [-0.2, 0) is 20.8 Å². The molecule has 230 valence electrons. The van der Waals surface area contributed by atoms with Gasteiger partial charge in [0, 0.05) is 48.0 Å². The Bertz CT molecular complexity index is 1630. The van der Waals surface area contributed by atoms with Crippen LogP contribution in [0.1, 0.15) is 45.4 Å². The highest BCUT2D eigenvalue weighted by molar-refractivity contribution is 7.09. The average molecular weight is 618 g/mol. The zero-order valence-electron chi connectivity index (χ0n) is 24.4. The summed E-state index contributed by atoms with van der Waals surface area (Å²) in [5.41, 5.74) is 3.32. The van der Waals surface area contributed by atoms with Crippen LogP contribution in [-0.4, -0.2) is 87.9 Å². The van der Waals surface area contributed by atoms with Crippen molar-refractivity contribution >= 4 is 46.4 Å². The Morgan fingerprint density at radius 1 is 1.14 bits per heavy atom. The van der Waals surface area contributed by atoms with Crippen molar-refractivity contribution in [1.29, 1.82) is 0 Å². The summed E-state index contributed by atoms with van der Waals surface area (Å²) in [4.78, 5) is 59.6. The lowest BCUT2D eigenvalue weighted by Gasteiger charge is -2.26. The van der Waals surface area contributed by atoms with E-state index < -0.39 is 0 Å². The van der Waals surface area contributed by atoms with Crippen LogP contribution in [0.4, 0.5) is 0 Å². The number of thiazole rings is 1. The molecule has 2 aromatic heterocycles. The highest BCUT2D eigenvalue weighted by atomic mass is 32.1. The highest BCUT2D eigenvalue weighted by Gasteiger charge is 2.38. The summed E-state index contributed by atoms with van der Waals surface area (Å²) in [6.45, 7) is 3.38. The maximum absolute atomic E-state index is 13.5. The van der Waals surface area contributed by atoms with Crippen LogP contribution >= 0.6 is 11.3 Å². The van der Waals surface area contributed by atoms with Gasteiger partial charge in [0.05, 0.1) is 30.6 Å². The molecule has 0 saturated carbocycles. The maximum Gasteiger partial charge on any atom is 0.290 e. The van der Waals surface area contributed by atoms with Crippen LogP contribution in [0.3, 0.4) is 0 Å². The standard InChI is InChI=1S/C31H33N5O4S.CH2O2/c1-20-33-28(19-41-20)31(39)36-16-25-21-7-6-8-23(13-21)40-12-5-4-11-35(18-29(37)34-27(25)17-36)30(38)14-22-15-32-26-10-3-2-9-24(22)26;2-1-3/h2-3,6-10,13,15,19,25,27,32H,4-5,11-12,14,16-18H2,1H3,(H,34,37);1H,(H,2,3)/t25-,27+;/m1./s1. The van der Waals surface area contributed by atoms with Gasteiger partial charge < -0.3 is 29.9 Å². The Kier molecular flexibility index (Phi) is 9.90. The first-order valence-corrected chi connectivity index (χ1v) is 15.4. The summed E-state index contributed by atoms with van der Waals surface area (Å²) in [5, 5.41) is 13.7. The van der Waals surface area contributed by atoms with Gasteiger partial charge in [-0.3, -0.25) is 19.2 Å². The molecule has 44 heavy (non-hydrogen) atoms. The summed E-state index contributed by atoms with van der Waals surface area (Å²) in [7, 11) is 0. The van der Waals surface area contributed by atoms with Crippen LogP contribution in [0.25, 0.3) is 10.9 Å². The number of fused-ring (bicyclic) bond motifs is 5. The number of ether oxygens (including phenoxy) is 1. The van der Waals surface area contributed by atoms with Crippen LogP contribution in [0.15, 0.2) is 60.1 Å². The fraction of sp³-hybridized carbons (Fsp3) is 0.344. The lowest BCUT2D eigenvalue weighted by molar-refractivity contribution is -0.135. The van der Waals surface area contributed by atoms with Gasteiger partial charge in [-0.1, -0.05) is 30.3 Å². The minimum absolute atomic E-state index is 0.0372. The van der Waals surface area contributed by atoms with Gasteiger partial charge in [-0.2, -0.15) is 0 Å². The van der Waals surface area contributed by atoms with Gasteiger partial charge >= 0.3 is 0 Å². The lowest BCUT2D eigenvalue weighted by Crippen LogP contribution is -2.47. The van der Waals surface area contributed by atoms with E-state index in [4.69, 9.17) is 14.6 Å². The number of hydrogen-bond acceptors (Lipinski definition) is 7. The third-order valence-corrected chi connectivity index (χ3v) is 8.65. The number of aromatic nitrogens is 2. The predicted molar refractivity (Wildman–Crippen MR) is 166 cm³/mol. The lowest BCUT2D eigenvalue weighted by atomic mass is 9.94. The molecule has 3 amide bonds. The van der Waals surface area contributed by atoms with Crippen molar-refractivity contribution in [2.45, 2.75) is 38.1 Å². The minimum Gasteiger partial charge on any atom is -0.494 e. The van der Waals surface area contributed by atoms with E-state index in [1.165, 1.54) is 11.3 Å². The normalized spacial score (nSPS) is 18.7. The molecule has 0 radical (unpaired) electrons. The molecule has 1 saturated heterocycles. The van der Waals surface area contributed by atoms with Gasteiger partial charge in [0.1, 0.15) is 11.4 Å². The van der Waals surface area contributed by atoms with Gasteiger partial charge in [-0.25, -0.2) is 4.98 Å². The summed E-state index contributed by atoms with van der Waals surface area (Å²) >= 11 is 1.44. The summed E-state index contributed by atoms with van der Waals surface area (Å²) in [6.07, 6.45) is 3.55. The first-order valence-electron chi connectivity index (χ1n) is 14.5. The number of nitrogens with one attached hydrogen (secondary N) is 2. The molecule has 2 bridgehead atoms. The molecule has 1 fully saturated rings. The summed E-state index contributed by atoms with van der Waals surface area (Å²) < 4.78 is 6.05. The average Bonchev–Trinajstić information content (AvgIpc) is 3.75. The number of carbonyl (C=O) groups excluding carboxylic acids is 3. The van der Waals surface area contributed by atoms with Crippen molar-refractivity contribution in [3.63, 3.8) is 0 Å². The maximum atomic E-state index is 13.5. The molecule has 6 rings (SSSR count). The second-order valence-electron chi connectivity index (χ2n) is 10.8. The van der Waals surface area contributed by atoms with E-state index >= 15 is 0 Å². The molecule has 12 heteroatoms. The van der Waals surface area contributed by atoms with E-state index in [-0.39, 0.29) is 49.1 Å². The molecule has 0 spiro atoms. The monoisotopic (exact) mass is 617 g/mol. The zero-order valence-corrected chi connectivity index (χ0v) is 25.2. The van der Waals surface area contributed by atoms with Gasteiger partial charge in [0.2, 0.25) is 11.8 Å². The molecule has 2 aliphatic heterocycles. The topological polar surface area (TPSA) is 145 Å². The van der Waals surface area contributed by atoms with E-state index in [2.05, 4.69) is 15.3 Å². The SMILES string of the molecule is Cc1nc(C(=O)N2C[C@@H]3NC(=O)CN(C(=O)Cc4c[nH]c5ccccc45)CCCCOc4cccc(c4)[C@H]3C2)cs1.O=CO. The predicted octanol–water partition coefficient (Wildman–Crippen LogP) is 3.60. The Morgan fingerprint density at radius 3 is 2.75 bits per heavy atom. The van der Waals surface area contributed by atoms with Crippen molar-refractivity contribution in [2.24, 2.45) is 0 Å². The van der Waals surface area contributed by atoms with Crippen molar-refractivity contribution < 1.29 is 29.0 Å². The van der Waals surface area contributed by atoms with Crippen LogP contribution < -0.4 is 10.1 Å². The molecule has 2 atom stereocenters. The molecule has 4 heterocycles. The molecule has 4 aromatic rings. The van der Waals surface area contributed by atoms with E-state index in [9.17, 15) is 14.4 Å². The number of benzene rings is 2. The minimum atomic E-state index is -0.310. The number of amides is 3. The number of para-hydroxylation sites is 1. The van der Waals surface area contributed by atoms with Gasteiger partial charge in [0.25, 0.3) is 12.4 Å². The molecule has 0 unspecified atom stereocenters. The van der Waals surface area contributed by atoms with E-state index in [0.29, 0.717) is 38.4 Å². The molecular formula is C32H35N5O6S. The van der Waals surface area contributed by atoms with E-state index in [1.807, 2.05) is 61.7 Å². The first-order chi connectivity index (χ1) is 21.4. The van der Waals surface area contributed by atoms with Crippen molar-refractivity contribution in [3.05, 3.63) is 81.9 Å². The smallest absolute Gasteiger partial charge is 0.290 e. The quantitative estimate of drug-likeness (QED) is 0.298. The van der Waals surface area contributed by atoms with Gasteiger partial charge in [-0.15, -0.1) is 11.3 Å². The molecule has 2 aromatic carbocycles. The number of aryl methyl sites for hydroxylation is 1. The Morgan fingerprint density at radius 2 is 1.95 bits per heavy atom. The summed E-state index contributed by atoms with van der Waals surface area (Å²) in [6, 6.07) is 15.5. The number of H-pyrrole nitrogens is 1. The van der Waals surface area contributed by atoms with E-state index in [0.717, 1.165) is 39.2 Å². The number of carboxylic acid groups (broad SMARTS) is 1. The van der Waals surface area contributed by atoms with Crippen molar-refractivity contribution in [2.75, 3.05) is 32.8 Å². The fourth-order valence-electron chi connectivity index (χ4n) is 5.78. The number of likely N-dealkylation sites (tertiary alicyclic amines) is 1. The molecular weight excluding hydrogens is 582 g/mol. The first kappa shape index (κ1) is 30.7. The van der Waals surface area contributed by atoms with Crippen LogP contribution in [0.2, 0.25) is 0 Å². The third-order valence-electron chi connectivity index (χ3n) is 7.87. The second kappa shape index (κ2) is 14.2. The number of nitrogens with zero attached hydrogens (tertiary/aromatic N) is 3. The molecule has 11 nitrogen and oxygen atoms in total. The second-order valence-corrected chi connectivity index (χ2v) is 11.9. The Balaban J connectivity index is 0.00000123. The molecule has 0 aliphatic carbocycles. The van der Waals surface area contributed by atoms with Gasteiger partial charge in [0.15, 0.2) is 0 Å². The van der Waals surface area contributed by atoms with Gasteiger partial charge in [-0.05, 0) is 49.1 Å².